The number of carbonyl (C=O) groups is 2. The van der Waals surface area contributed by atoms with E-state index in [1.54, 1.807) is 12.1 Å². The van der Waals surface area contributed by atoms with E-state index in [0.717, 1.165) is 29.8 Å². The van der Waals surface area contributed by atoms with Crippen molar-refractivity contribution in [2.75, 3.05) is 25.5 Å². The Hall–Kier alpha value is -2.32. The Morgan fingerprint density at radius 1 is 1.27 bits per heavy atom. The number of nitrogens with one attached hydrogen (secondary N) is 2. The molecule has 0 saturated carbocycles. The molecule has 2 aromatic rings. The third kappa shape index (κ3) is 5.43. The quantitative estimate of drug-likeness (QED) is 0.537. The number of aliphatic hydroxyl groups excluding tert-OH is 1. The van der Waals surface area contributed by atoms with E-state index < -0.39 is 24.6 Å². The number of rotatable bonds is 6. The second-order valence-corrected chi connectivity index (χ2v) is 8.25. The van der Waals surface area contributed by atoms with Gasteiger partial charge in [-0.05, 0) is 48.0 Å². The van der Waals surface area contributed by atoms with Crippen LogP contribution in [0.3, 0.4) is 0 Å². The van der Waals surface area contributed by atoms with E-state index in [1.165, 1.54) is 0 Å². The average Bonchev–Trinajstić information content (AvgIpc) is 2.67. The zero-order valence-electron chi connectivity index (χ0n) is 16.4. The van der Waals surface area contributed by atoms with E-state index in [1.807, 2.05) is 31.3 Å². The highest BCUT2D eigenvalue weighted by Gasteiger charge is 2.27. The lowest BCUT2D eigenvalue weighted by molar-refractivity contribution is -0.137. The number of fused-ring (bicyclic) bond motifs is 1. The van der Waals surface area contributed by atoms with E-state index in [4.69, 9.17) is 28.3 Å². The molecule has 2 atom stereocenters. The van der Waals surface area contributed by atoms with E-state index in [9.17, 15) is 14.7 Å². The summed E-state index contributed by atoms with van der Waals surface area (Å²) in [4.78, 5) is 25.2. The van der Waals surface area contributed by atoms with Gasteiger partial charge in [-0.1, -0.05) is 35.3 Å². The summed E-state index contributed by atoms with van der Waals surface area (Å²) in [5.74, 6) is -1.08. The molecule has 0 bridgehead atoms. The number of likely N-dealkylation sites (N-methyl/N-ethyl adjacent to an activating group) is 1. The number of anilines is 1. The molecule has 0 radical (unpaired) electrons. The van der Waals surface area contributed by atoms with Crippen molar-refractivity contribution in [2.45, 2.75) is 24.9 Å². The maximum absolute atomic E-state index is 12.2. The van der Waals surface area contributed by atoms with E-state index in [2.05, 4.69) is 15.5 Å². The first-order valence-electron chi connectivity index (χ1n) is 9.43. The fourth-order valence-corrected chi connectivity index (χ4v) is 4.26. The molecule has 4 N–H and O–H groups in total. The van der Waals surface area contributed by atoms with Crippen LogP contribution in [0, 0.1) is 0 Å². The van der Waals surface area contributed by atoms with Gasteiger partial charge in [0.15, 0.2) is 0 Å². The summed E-state index contributed by atoms with van der Waals surface area (Å²) in [7, 11) is 2.02. The fourth-order valence-electron chi connectivity index (χ4n) is 3.69. The SMILES string of the molecule is CN1Cc2c(Cl)cc(Cl)cc2C(c2cccc(NC(=O)N[C@H](CO)CC(=O)O)c2)C1. The van der Waals surface area contributed by atoms with E-state index in [0.29, 0.717) is 15.7 Å². The summed E-state index contributed by atoms with van der Waals surface area (Å²) >= 11 is 12.7. The van der Waals surface area contributed by atoms with Crippen LogP contribution >= 0.6 is 23.2 Å². The number of hydrogen-bond acceptors (Lipinski definition) is 4. The molecule has 2 aromatic carbocycles. The molecule has 2 amide bonds. The normalized spacial score (nSPS) is 17.1. The number of aliphatic carboxylic acids is 1. The van der Waals surface area contributed by atoms with Gasteiger partial charge in [-0.15, -0.1) is 0 Å². The van der Waals surface area contributed by atoms with Gasteiger partial charge in [-0.2, -0.15) is 0 Å². The van der Waals surface area contributed by atoms with Crippen molar-refractivity contribution < 1.29 is 19.8 Å². The number of carboxylic acids is 1. The Balaban J connectivity index is 1.81. The summed E-state index contributed by atoms with van der Waals surface area (Å²) in [6, 6.07) is 9.66. The van der Waals surface area contributed by atoms with Crippen molar-refractivity contribution in [3.8, 4) is 0 Å². The van der Waals surface area contributed by atoms with Gasteiger partial charge < -0.3 is 25.7 Å². The van der Waals surface area contributed by atoms with Gasteiger partial charge in [0.2, 0.25) is 0 Å². The number of amides is 2. The Bertz CT molecular complexity index is 954. The lowest BCUT2D eigenvalue weighted by atomic mass is 9.84. The van der Waals surface area contributed by atoms with Crippen LogP contribution in [0.4, 0.5) is 10.5 Å². The molecular weight excluding hydrogens is 429 g/mol. The lowest BCUT2D eigenvalue weighted by Gasteiger charge is -2.33. The van der Waals surface area contributed by atoms with E-state index in [-0.39, 0.29) is 12.3 Å². The molecule has 1 aliphatic rings. The van der Waals surface area contributed by atoms with Gasteiger partial charge in [0, 0.05) is 34.7 Å². The maximum atomic E-state index is 12.2. The van der Waals surface area contributed by atoms with Crippen LogP contribution in [0.1, 0.15) is 29.0 Å². The van der Waals surface area contributed by atoms with Crippen molar-refractivity contribution in [3.63, 3.8) is 0 Å². The van der Waals surface area contributed by atoms with Crippen molar-refractivity contribution >= 4 is 40.9 Å². The summed E-state index contributed by atoms with van der Waals surface area (Å²) in [5.41, 5.74) is 3.65. The Kier molecular flexibility index (Phi) is 7.20. The first-order chi connectivity index (χ1) is 14.3. The number of halogens is 2. The first kappa shape index (κ1) is 22.4. The Morgan fingerprint density at radius 2 is 2.03 bits per heavy atom. The van der Waals surface area contributed by atoms with Gasteiger partial charge in [-0.3, -0.25) is 4.79 Å². The zero-order valence-corrected chi connectivity index (χ0v) is 17.9. The third-order valence-corrected chi connectivity index (χ3v) is 5.57. The summed E-state index contributed by atoms with van der Waals surface area (Å²) in [5, 5.41) is 24.4. The highest BCUT2D eigenvalue weighted by Crippen LogP contribution is 2.38. The Morgan fingerprint density at radius 3 is 2.73 bits per heavy atom. The molecule has 1 unspecified atom stereocenters. The smallest absolute Gasteiger partial charge is 0.319 e. The van der Waals surface area contributed by atoms with Crippen LogP contribution in [-0.2, 0) is 11.3 Å². The van der Waals surface area contributed by atoms with Gasteiger partial charge in [0.25, 0.3) is 0 Å². The fraction of sp³-hybridized carbons (Fsp3) is 0.333. The lowest BCUT2D eigenvalue weighted by Crippen LogP contribution is -2.41. The maximum Gasteiger partial charge on any atom is 0.319 e. The number of carboxylic acid groups (broad SMARTS) is 1. The van der Waals surface area contributed by atoms with Gasteiger partial charge in [-0.25, -0.2) is 4.79 Å². The molecule has 0 spiro atoms. The molecule has 0 fully saturated rings. The second-order valence-electron chi connectivity index (χ2n) is 7.41. The average molecular weight is 452 g/mol. The van der Waals surface area contributed by atoms with E-state index >= 15 is 0 Å². The molecule has 3 rings (SSSR count). The number of carbonyl (C=O) groups excluding carboxylic acids is 1. The molecule has 9 heteroatoms. The minimum atomic E-state index is -1.10. The van der Waals surface area contributed by atoms with Crippen molar-refractivity contribution in [1.82, 2.24) is 10.2 Å². The summed E-state index contributed by atoms with van der Waals surface area (Å²) < 4.78 is 0. The number of urea groups is 1. The zero-order chi connectivity index (χ0) is 21.8. The second kappa shape index (κ2) is 9.66. The highest BCUT2D eigenvalue weighted by atomic mass is 35.5. The monoisotopic (exact) mass is 451 g/mol. The molecule has 0 aliphatic carbocycles. The van der Waals surface area contributed by atoms with Crippen LogP contribution in [-0.4, -0.2) is 53.4 Å². The van der Waals surface area contributed by atoms with Gasteiger partial charge >= 0.3 is 12.0 Å². The van der Waals surface area contributed by atoms with Crippen LogP contribution in [0.2, 0.25) is 10.0 Å². The summed E-state index contributed by atoms with van der Waals surface area (Å²) in [6.45, 7) is 1.03. The van der Waals surface area contributed by atoms with Crippen LogP contribution in [0.15, 0.2) is 36.4 Å². The highest BCUT2D eigenvalue weighted by molar-refractivity contribution is 6.35. The number of hydrogen-bond donors (Lipinski definition) is 4. The topological polar surface area (TPSA) is 102 Å². The first-order valence-corrected chi connectivity index (χ1v) is 10.2. The molecule has 0 aromatic heterocycles. The van der Waals surface area contributed by atoms with Gasteiger partial charge in [0.05, 0.1) is 19.1 Å². The van der Waals surface area contributed by atoms with Crippen LogP contribution in [0.5, 0.6) is 0 Å². The van der Waals surface area contributed by atoms with Crippen LogP contribution in [0.25, 0.3) is 0 Å². The third-order valence-electron chi connectivity index (χ3n) is 5.02. The predicted molar refractivity (Wildman–Crippen MR) is 116 cm³/mol. The number of benzene rings is 2. The Labute approximate surface area is 184 Å². The van der Waals surface area contributed by atoms with Gasteiger partial charge in [0.1, 0.15) is 0 Å². The number of aliphatic hydroxyl groups is 1. The molecule has 0 saturated heterocycles. The predicted octanol–water partition coefficient (Wildman–Crippen LogP) is 3.53. The molecule has 1 aliphatic heterocycles. The standard InChI is InChI=1S/C21H23Cl2N3O4/c1-26-9-17(16-6-13(22)7-19(23)18(16)10-26)12-3-2-4-14(5-12)24-21(30)25-15(11-27)8-20(28)29/h2-7,15,17,27H,8-11H2,1H3,(H,28,29)(H2,24,25,30)/t15-,17?/m0/s1. The van der Waals surface area contributed by atoms with Crippen molar-refractivity contribution in [1.29, 1.82) is 0 Å². The summed E-state index contributed by atoms with van der Waals surface area (Å²) in [6.07, 6.45) is -0.364. The minimum absolute atomic E-state index is 0.0250. The van der Waals surface area contributed by atoms with Crippen molar-refractivity contribution in [3.05, 3.63) is 63.1 Å². The molecular formula is C21H23Cl2N3O4. The van der Waals surface area contributed by atoms with Crippen molar-refractivity contribution in [2.24, 2.45) is 0 Å². The minimum Gasteiger partial charge on any atom is -0.481 e. The largest absolute Gasteiger partial charge is 0.481 e. The molecule has 7 nitrogen and oxygen atoms in total. The molecule has 1 heterocycles. The number of nitrogens with zero attached hydrogens (tertiary/aromatic N) is 1. The molecule has 160 valence electrons. The van der Waals surface area contributed by atoms with Crippen LogP contribution < -0.4 is 10.6 Å². The molecule has 30 heavy (non-hydrogen) atoms.